The summed E-state index contributed by atoms with van der Waals surface area (Å²) < 4.78 is 4.69. The molecule has 15 heavy (non-hydrogen) atoms. The summed E-state index contributed by atoms with van der Waals surface area (Å²) in [4.78, 5) is 15.9. The van der Waals surface area contributed by atoms with Crippen molar-refractivity contribution in [3.05, 3.63) is 0 Å². The molecule has 0 bridgehead atoms. The number of likely N-dealkylation sites (N-methyl/N-ethyl adjacent to an activating group) is 1. The fraction of sp³-hybridized carbons (Fsp3) is 0.909. The van der Waals surface area contributed by atoms with Crippen molar-refractivity contribution in [2.75, 3.05) is 33.8 Å². The van der Waals surface area contributed by atoms with E-state index in [0.717, 1.165) is 19.6 Å². The Labute approximate surface area is 92.2 Å². The van der Waals surface area contributed by atoms with E-state index in [1.165, 1.54) is 7.11 Å². The van der Waals surface area contributed by atoms with Gasteiger partial charge in [0.05, 0.1) is 13.5 Å². The van der Waals surface area contributed by atoms with Gasteiger partial charge in [-0.25, -0.2) is 0 Å². The minimum absolute atomic E-state index is 0.117. The van der Waals surface area contributed by atoms with Crippen LogP contribution in [0.15, 0.2) is 0 Å². The van der Waals surface area contributed by atoms with Gasteiger partial charge in [0.2, 0.25) is 0 Å². The van der Waals surface area contributed by atoms with Gasteiger partial charge in [0.25, 0.3) is 0 Å². The second kappa shape index (κ2) is 5.47. The van der Waals surface area contributed by atoms with Crippen LogP contribution in [0.25, 0.3) is 0 Å². The highest BCUT2D eigenvalue weighted by Gasteiger charge is 2.26. The number of carbonyl (C=O) groups excluding carboxylic acids is 1. The fourth-order valence-electron chi connectivity index (χ4n) is 2.25. The van der Waals surface area contributed by atoms with Crippen molar-refractivity contribution in [3.63, 3.8) is 0 Å². The predicted molar refractivity (Wildman–Crippen MR) is 59.8 cm³/mol. The van der Waals surface area contributed by atoms with Crippen molar-refractivity contribution in [2.24, 2.45) is 0 Å². The van der Waals surface area contributed by atoms with Crippen molar-refractivity contribution < 1.29 is 9.53 Å². The summed E-state index contributed by atoms with van der Waals surface area (Å²) in [5.41, 5.74) is 0. The van der Waals surface area contributed by atoms with Crippen molar-refractivity contribution in [3.8, 4) is 0 Å². The number of nitrogens with zero attached hydrogens (tertiary/aromatic N) is 2. The Morgan fingerprint density at radius 3 is 2.73 bits per heavy atom. The van der Waals surface area contributed by atoms with E-state index in [2.05, 4.69) is 30.7 Å². The molecule has 1 fully saturated rings. The zero-order valence-electron chi connectivity index (χ0n) is 10.2. The van der Waals surface area contributed by atoms with Gasteiger partial charge in [-0.2, -0.15) is 0 Å². The maximum Gasteiger partial charge on any atom is 0.307 e. The normalized spacial score (nSPS) is 26.3. The van der Waals surface area contributed by atoms with Crippen LogP contribution in [-0.4, -0.2) is 61.6 Å². The number of carbonyl (C=O) groups is 1. The maximum absolute atomic E-state index is 11.2. The third-order valence-electron chi connectivity index (χ3n) is 3.14. The third-order valence-corrected chi connectivity index (χ3v) is 3.14. The van der Waals surface area contributed by atoms with Crippen LogP contribution in [0, 0.1) is 0 Å². The lowest BCUT2D eigenvalue weighted by atomic mass is 10.1. The summed E-state index contributed by atoms with van der Waals surface area (Å²) in [6.07, 6.45) is 0.491. The van der Waals surface area contributed by atoms with Crippen LogP contribution in [0.4, 0.5) is 0 Å². The van der Waals surface area contributed by atoms with Crippen LogP contribution >= 0.6 is 0 Å². The number of ether oxygens (including phenoxy) is 1. The molecule has 0 aromatic carbocycles. The molecule has 1 saturated heterocycles. The molecule has 1 aliphatic heterocycles. The highest BCUT2D eigenvalue weighted by atomic mass is 16.5. The molecule has 1 heterocycles. The van der Waals surface area contributed by atoms with Gasteiger partial charge in [0, 0.05) is 31.7 Å². The summed E-state index contributed by atoms with van der Waals surface area (Å²) in [5.74, 6) is -0.117. The molecule has 0 N–H and O–H groups in total. The molecule has 0 radical (unpaired) electrons. The Morgan fingerprint density at radius 2 is 2.20 bits per heavy atom. The van der Waals surface area contributed by atoms with E-state index >= 15 is 0 Å². The molecule has 2 atom stereocenters. The molecule has 4 nitrogen and oxygen atoms in total. The van der Waals surface area contributed by atoms with E-state index in [1.54, 1.807) is 0 Å². The lowest BCUT2D eigenvalue weighted by Gasteiger charge is -2.41. The predicted octanol–water partition coefficient (Wildman–Crippen LogP) is 0.574. The molecule has 0 aromatic rings. The van der Waals surface area contributed by atoms with E-state index in [4.69, 9.17) is 4.74 Å². The van der Waals surface area contributed by atoms with Crippen LogP contribution in [0.5, 0.6) is 0 Å². The van der Waals surface area contributed by atoms with Crippen molar-refractivity contribution in [2.45, 2.75) is 32.4 Å². The first kappa shape index (κ1) is 12.5. The number of hydrogen-bond acceptors (Lipinski definition) is 4. The van der Waals surface area contributed by atoms with Crippen LogP contribution in [0.3, 0.4) is 0 Å². The molecule has 0 spiro atoms. The van der Waals surface area contributed by atoms with E-state index in [9.17, 15) is 4.79 Å². The molecule has 1 rings (SSSR count). The van der Waals surface area contributed by atoms with E-state index < -0.39 is 0 Å². The van der Waals surface area contributed by atoms with Crippen molar-refractivity contribution in [1.82, 2.24) is 9.80 Å². The summed E-state index contributed by atoms with van der Waals surface area (Å²) >= 11 is 0. The largest absolute Gasteiger partial charge is 0.469 e. The van der Waals surface area contributed by atoms with Gasteiger partial charge >= 0.3 is 5.97 Å². The SMILES string of the molecule is COC(=O)CC(C)N1CCN(C)CC1C. The molecule has 0 aliphatic carbocycles. The summed E-state index contributed by atoms with van der Waals surface area (Å²) in [7, 11) is 3.58. The van der Waals surface area contributed by atoms with Crippen LogP contribution in [0.2, 0.25) is 0 Å². The standard InChI is InChI=1S/C11H22N2O2/c1-9(7-11(14)15-4)13-6-5-12(3)8-10(13)2/h9-10H,5-8H2,1-4H3. The molecule has 4 heteroatoms. The molecule has 0 saturated carbocycles. The van der Waals surface area contributed by atoms with E-state index in [1.807, 2.05) is 0 Å². The number of esters is 1. The average Bonchev–Trinajstić information content (AvgIpc) is 2.17. The van der Waals surface area contributed by atoms with Gasteiger partial charge < -0.3 is 9.64 Å². The second-order valence-corrected chi connectivity index (χ2v) is 4.48. The molecule has 0 amide bonds. The molecule has 88 valence electrons. The van der Waals surface area contributed by atoms with Crippen LogP contribution < -0.4 is 0 Å². The van der Waals surface area contributed by atoms with Gasteiger partial charge in [-0.05, 0) is 20.9 Å². The maximum atomic E-state index is 11.2. The fourth-order valence-corrected chi connectivity index (χ4v) is 2.25. The minimum atomic E-state index is -0.117. The van der Waals surface area contributed by atoms with Crippen molar-refractivity contribution in [1.29, 1.82) is 0 Å². The van der Waals surface area contributed by atoms with Gasteiger partial charge in [-0.3, -0.25) is 9.69 Å². The van der Waals surface area contributed by atoms with Gasteiger partial charge in [-0.1, -0.05) is 0 Å². The van der Waals surface area contributed by atoms with Crippen LogP contribution in [-0.2, 0) is 9.53 Å². The van der Waals surface area contributed by atoms with Gasteiger partial charge in [0.1, 0.15) is 0 Å². The lowest BCUT2D eigenvalue weighted by molar-refractivity contribution is -0.142. The number of piperazine rings is 1. The Bertz CT molecular complexity index is 221. The zero-order valence-corrected chi connectivity index (χ0v) is 10.2. The Balaban J connectivity index is 2.45. The third kappa shape index (κ3) is 3.47. The quantitative estimate of drug-likeness (QED) is 0.643. The second-order valence-electron chi connectivity index (χ2n) is 4.48. The summed E-state index contributed by atoms with van der Waals surface area (Å²) in [6.45, 7) is 7.50. The van der Waals surface area contributed by atoms with Gasteiger partial charge in [0.15, 0.2) is 0 Å². The first-order chi connectivity index (χ1) is 7.04. The zero-order chi connectivity index (χ0) is 11.4. The summed E-state index contributed by atoms with van der Waals surface area (Å²) in [6, 6.07) is 0.796. The van der Waals surface area contributed by atoms with Crippen LogP contribution in [0.1, 0.15) is 20.3 Å². The smallest absolute Gasteiger partial charge is 0.307 e. The minimum Gasteiger partial charge on any atom is -0.469 e. The number of rotatable bonds is 3. The highest BCUT2D eigenvalue weighted by Crippen LogP contribution is 2.14. The molecule has 2 unspecified atom stereocenters. The molecular weight excluding hydrogens is 192 g/mol. The average molecular weight is 214 g/mol. The molecule has 1 aliphatic rings. The monoisotopic (exact) mass is 214 g/mol. The lowest BCUT2D eigenvalue weighted by Crippen LogP contribution is -2.53. The van der Waals surface area contributed by atoms with Crippen molar-refractivity contribution >= 4 is 5.97 Å². The summed E-state index contributed by atoms with van der Waals surface area (Å²) in [5, 5.41) is 0. The Hall–Kier alpha value is -0.610. The van der Waals surface area contributed by atoms with E-state index in [0.29, 0.717) is 12.5 Å². The Kier molecular flexibility index (Phi) is 4.54. The number of methoxy groups -OCH3 is 1. The first-order valence-electron chi connectivity index (χ1n) is 5.55. The number of hydrogen-bond donors (Lipinski definition) is 0. The molecular formula is C11H22N2O2. The Morgan fingerprint density at radius 1 is 1.53 bits per heavy atom. The topological polar surface area (TPSA) is 32.8 Å². The van der Waals surface area contributed by atoms with Gasteiger partial charge in [-0.15, -0.1) is 0 Å². The molecule has 0 aromatic heterocycles. The first-order valence-corrected chi connectivity index (χ1v) is 5.55. The van der Waals surface area contributed by atoms with E-state index in [-0.39, 0.29) is 12.0 Å². The highest BCUT2D eigenvalue weighted by molar-refractivity contribution is 5.69.